The molecule has 4 heteroatoms. The Kier molecular flexibility index (Phi) is 6.81. The van der Waals surface area contributed by atoms with Crippen LogP contribution in [0.5, 0.6) is 0 Å². The fourth-order valence-electron chi connectivity index (χ4n) is 2.55. The molecule has 1 fully saturated rings. The lowest BCUT2D eigenvalue weighted by atomic mass is 10.1. The Morgan fingerprint density at radius 1 is 1.25 bits per heavy atom. The van der Waals surface area contributed by atoms with Gasteiger partial charge in [-0.05, 0) is 30.4 Å². The van der Waals surface area contributed by atoms with Crippen LogP contribution in [0, 0.1) is 0 Å². The largest absolute Gasteiger partial charge is 0.351 e. The highest BCUT2D eigenvalue weighted by Gasteiger charge is 2.10. The third-order valence-electron chi connectivity index (χ3n) is 3.65. The van der Waals surface area contributed by atoms with Crippen molar-refractivity contribution < 1.29 is 4.79 Å². The molecule has 0 unspecified atom stereocenters. The van der Waals surface area contributed by atoms with Crippen LogP contribution in [0.15, 0.2) is 23.6 Å². The van der Waals surface area contributed by atoms with Gasteiger partial charge in [-0.2, -0.15) is 0 Å². The number of amides is 1. The van der Waals surface area contributed by atoms with Crippen molar-refractivity contribution in [2.75, 3.05) is 13.1 Å². The van der Waals surface area contributed by atoms with E-state index in [1.165, 1.54) is 38.5 Å². The second-order valence-corrected chi connectivity index (χ2v) is 6.26. The molecular weight excluding hydrogens is 268 g/mol. The predicted molar refractivity (Wildman–Crippen MR) is 85.9 cm³/mol. The Bertz CT molecular complexity index is 406. The van der Waals surface area contributed by atoms with Crippen LogP contribution in [0.25, 0.3) is 6.08 Å². The highest BCUT2D eigenvalue weighted by atomic mass is 32.1. The minimum absolute atomic E-state index is 0.0129. The molecule has 0 atom stereocenters. The Balaban J connectivity index is 1.57. The molecule has 1 aliphatic rings. The number of hydrogen-bond donors (Lipinski definition) is 2. The average molecular weight is 292 g/mol. The number of nitrogens with one attached hydrogen (secondary N) is 2. The summed E-state index contributed by atoms with van der Waals surface area (Å²) in [5.41, 5.74) is 0. The molecular formula is C16H24N2OS. The molecule has 0 aliphatic heterocycles. The predicted octanol–water partition coefficient (Wildman–Crippen LogP) is 3.19. The van der Waals surface area contributed by atoms with E-state index in [2.05, 4.69) is 10.6 Å². The standard InChI is InChI=1S/C16H24N2OS/c19-16(10-9-15-8-5-13-20-15)18-12-11-17-14-6-3-1-2-4-7-14/h5,8-10,13-14,17H,1-4,6-7,11-12H2,(H,18,19)/b10-9+. The molecule has 2 rings (SSSR count). The first kappa shape index (κ1) is 15.3. The van der Waals surface area contributed by atoms with Crippen molar-refractivity contribution in [1.82, 2.24) is 10.6 Å². The van der Waals surface area contributed by atoms with Crippen LogP contribution in [0.3, 0.4) is 0 Å². The molecule has 1 aliphatic carbocycles. The van der Waals surface area contributed by atoms with E-state index in [9.17, 15) is 4.79 Å². The Morgan fingerprint density at radius 2 is 2.05 bits per heavy atom. The molecule has 0 saturated heterocycles. The smallest absolute Gasteiger partial charge is 0.244 e. The molecule has 3 nitrogen and oxygen atoms in total. The number of rotatable bonds is 6. The van der Waals surface area contributed by atoms with Crippen LogP contribution in [0.4, 0.5) is 0 Å². The van der Waals surface area contributed by atoms with Gasteiger partial charge in [0.2, 0.25) is 5.91 Å². The van der Waals surface area contributed by atoms with Crippen LogP contribution in [0.1, 0.15) is 43.4 Å². The highest BCUT2D eigenvalue weighted by Crippen LogP contribution is 2.16. The summed E-state index contributed by atoms with van der Waals surface area (Å²) >= 11 is 1.63. The molecule has 1 aromatic rings. The quantitative estimate of drug-likeness (QED) is 0.480. The summed E-state index contributed by atoms with van der Waals surface area (Å²) in [5.74, 6) is -0.0129. The minimum Gasteiger partial charge on any atom is -0.351 e. The molecule has 1 amide bonds. The van der Waals surface area contributed by atoms with Gasteiger partial charge in [0.05, 0.1) is 0 Å². The minimum atomic E-state index is -0.0129. The van der Waals surface area contributed by atoms with Gasteiger partial charge < -0.3 is 10.6 Å². The van der Waals surface area contributed by atoms with E-state index in [4.69, 9.17) is 0 Å². The van der Waals surface area contributed by atoms with Crippen molar-refractivity contribution in [3.05, 3.63) is 28.5 Å². The van der Waals surface area contributed by atoms with E-state index < -0.39 is 0 Å². The average Bonchev–Trinajstić information content (AvgIpc) is 2.84. The number of thiophene rings is 1. The van der Waals surface area contributed by atoms with Crippen molar-refractivity contribution in [2.24, 2.45) is 0 Å². The van der Waals surface area contributed by atoms with Gasteiger partial charge in [-0.1, -0.05) is 31.7 Å². The molecule has 0 spiro atoms. The zero-order valence-corrected chi connectivity index (χ0v) is 12.8. The summed E-state index contributed by atoms with van der Waals surface area (Å²) in [5, 5.41) is 8.47. The fourth-order valence-corrected chi connectivity index (χ4v) is 3.17. The lowest BCUT2D eigenvalue weighted by molar-refractivity contribution is -0.116. The first-order chi connectivity index (χ1) is 9.84. The van der Waals surface area contributed by atoms with Gasteiger partial charge in [-0.3, -0.25) is 4.79 Å². The summed E-state index contributed by atoms with van der Waals surface area (Å²) in [7, 11) is 0. The lowest BCUT2D eigenvalue weighted by Crippen LogP contribution is -2.36. The molecule has 20 heavy (non-hydrogen) atoms. The van der Waals surface area contributed by atoms with Crippen molar-refractivity contribution >= 4 is 23.3 Å². The van der Waals surface area contributed by atoms with E-state index in [0.29, 0.717) is 12.6 Å². The Labute approximate surface area is 125 Å². The topological polar surface area (TPSA) is 41.1 Å². The van der Waals surface area contributed by atoms with Gasteiger partial charge in [0.25, 0.3) is 0 Å². The zero-order valence-electron chi connectivity index (χ0n) is 11.9. The van der Waals surface area contributed by atoms with Crippen molar-refractivity contribution in [1.29, 1.82) is 0 Å². The van der Waals surface area contributed by atoms with Crippen LogP contribution < -0.4 is 10.6 Å². The van der Waals surface area contributed by atoms with Gasteiger partial charge in [0.15, 0.2) is 0 Å². The van der Waals surface area contributed by atoms with Gasteiger partial charge in [0, 0.05) is 30.1 Å². The summed E-state index contributed by atoms with van der Waals surface area (Å²) in [6.45, 7) is 1.56. The van der Waals surface area contributed by atoms with Crippen LogP contribution in [0.2, 0.25) is 0 Å². The summed E-state index contributed by atoms with van der Waals surface area (Å²) in [4.78, 5) is 12.7. The SMILES string of the molecule is O=C(/C=C/c1cccs1)NCCNC1CCCCCC1. The second kappa shape index (κ2) is 8.93. The van der Waals surface area contributed by atoms with E-state index >= 15 is 0 Å². The third kappa shape index (κ3) is 5.88. The van der Waals surface area contributed by atoms with Gasteiger partial charge in [0.1, 0.15) is 0 Å². The van der Waals surface area contributed by atoms with Gasteiger partial charge >= 0.3 is 0 Å². The van der Waals surface area contributed by atoms with Crippen molar-refractivity contribution in [2.45, 2.75) is 44.6 Å². The maximum Gasteiger partial charge on any atom is 0.244 e. The monoisotopic (exact) mass is 292 g/mol. The molecule has 110 valence electrons. The van der Waals surface area contributed by atoms with Crippen molar-refractivity contribution in [3.8, 4) is 0 Å². The molecule has 1 aromatic heterocycles. The first-order valence-electron chi connectivity index (χ1n) is 7.57. The summed E-state index contributed by atoms with van der Waals surface area (Å²) < 4.78 is 0. The summed E-state index contributed by atoms with van der Waals surface area (Å²) in [6.07, 6.45) is 11.5. The molecule has 1 saturated carbocycles. The van der Waals surface area contributed by atoms with E-state index in [-0.39, 0.29) is 5.91 Å². The second-order valence-electron chi connectivity index (χ2n) is 5.28. The molecule has 0 aromatic carbocycles. The maximum atomic E-state index is 11.6. The van der Waals surface area contributed by atoms with E-state index in [0.717, 1.165) is 11.4 Å². The fraction of sp³-hybridized carbons (Fsp3) is 0.562. The lowest BCUT2D eigenvalue weighted by Gasteiger charge is -2.15. The number of carbonyl (C=O) groups is 1. The number of hydrogen-bond acceptors (Lipinski definition) is 3. The van der Waals surface area contributed by atoms with Crippen LogP contribution >= 0.6 is 11.3 Å². The van der Waals surface area contributed by atoms with E-state index in [1.807, 2.05) is 23.6 Å². The maximum absolute atomic E-state index is 11.6. The first-order valence-corrected chi connectivity index (χ1v) is 8.45. The Hall–Kier alpha value is -1.13. The zero-order chi connectivity index (χ0) is 14.0. The normalized spacial score (nSPS) is 17.2. The van der Waals surface area contributed by atoms with Gasteiger partial charge in [-0.15, -0.1) is 11.3 Å². The Morgan fingerprint density at radius 3 is 2.75 bits per heavy atom. The van der Waals surface area contributed by atoms with Gasteiger partial charge in [-0.25, -0.2) is 0 Å². The highest BCUT2D eigenvalue weighted by molar-refractivity contribution is 7.10. The number of carbonyl (C=O) groups excluding carboxylic acids is 1. The van der Waals surface area contributed by atoms with Crippen LogP contribution in [-0.4, -0.2) is 25.0 Å². The molecule has 1 heterocycles. The molecule has 0 bridgehead atoms. The third-order valence-corrected chi connectivity index (χ3v) is 4.49. The van der Waals surface area contributed by atoms with Crippen LogP contribution in [-0.2, 0) is 4.79 Å². The van der Waals surface area contributed by atoms with Crippen molar-refractivity contribution in [3.63, 3.8) is 0 Å². The molecule has 0 radical (unpaired) electrons. The molecule has 2 N–H and O–H groups in total. The summed E-state index contributed by atoms with van der Waals surface area (Å²) in [6, 6.07) is 4.64. The van der Waals surface area contributed by atoms with E-state index in [1.54, 1.807) is 17.4 Å².